The first-order chi connectivity index (χ1) is 10.4. The average molecular weight is 280 g/mol. The van der Waals surface area contributed by atoms with Crippen molar-refractivity contribution in [3.8, 4) is 0 Å². The van der Waals surface area contributed by atoms with Crippen LogP contribution in [0.4, 0.5) is 0 Å². The van der Waals surface area contributed by atoms with Gasteiger partial charge in [0.15, 0.2) is 0 Å². The lowest BCUT2D eigenvalue weighted by Gasteiger charge is -2.26. The Morgan fingerprint density at radius 1 is 1.00 bits per heavy atom. The molecule has 0 radical (unpaired) electrons. The maximum absolute atomic E-state index is 3.65. The lowest BCUT2D eigenvalue weighted by molar-refractivity contribution is 0.232. The van der Waals surface area contributed by atoms with Crippen molar-refractivity contribution < 1.29 is 0 Å². The third-order valence-electron chi connectivity index (χ3n) is 4.93. The van der Waals surface area contributed by atoms with E-state index in [0.29, 0.717) is 6.04 Å². The number of hydrogen-bond donors (Lipinski definition) is 1. The fourth-order valence-electron chi connectivity index (χ4n) is 3.63. The summed E-state index contributed by atoms with van der Waals surface area (Å²) in [6.07, 6.45) is 5.46. The van der Waals surface area contributed by atoms with Crippen LogP contribution in [0.25, 0.3) is 10.8 Å². The van der Waals surface area contributed by atoms with Gasteiger partial charge in [-0.15, -0.1) is 0 Å². The first kappa shape index (κ1) is 13.3. The van der Waals surface area contributed by atoms with Gasteiger partial charge >= 0.3 is 0 Å². The van der Waals surface area contributed by atoms with E-state index in [1.54, 1.807) is 0 Å². The number of nitrogens with one attached hydrogen (secondary N) is 1. The Hall–Kier alpha value is -1.38. The number of fused-ring (bicyclic) bond motifs is 1. The van der Waals surface area contributed by atoms with E-state index >= 15 is 0 Å². The molecule has 1 atom stereocenters. The molecule has 21 heavy (non-hydrogen) atoms. The van der Waals surface area contributed by atoms with Gasteiger partial charge in [-0.3, -0.25) is 4.90 Å². The van der Waals surface area contributed by atoms with E-state index in [-0.39, 0.29) is 0 Å². The van der Waals surface area contributed by atoms with E-state index in [0.717, 1.165) is 12.6 Å². The monoisotopic (exact) mass is 280 g/mol. The second kappa shape index (κ2) is 5.78. The molecule has 1 unspecified atom stereocenters. The van der Waals surface area contributed by atoms with Crippen LogP contribution in [0.15, 0.2) is 42.5 Å². The summed E-state index contributed by atoms with van der Waals surface area (Å²) in [7, 11) is 0. The Bertz CT molecular complexity index is 606. The third kappa shape index (κ3) is 2.97. The van der Waals surface area contributed by atoms with Crippen LogP contribution in [0.3, 0.4) is 0 Å². The van der Waals surface area contributed by atoms with Gasteiger partial charge in [-0.2, -0.15) is 0 Å². The maximum Gasteiger partial charge on any atom is 0.0243 e. The van der Waals surface area contributed by atoms with Crippen molar-refractivity contribution in [2.45, 2.75) is 44.3 Å². The molecule has 0 amide bonds. The molecule has 2 aromatic carbocycles. The lowest BCUT2D eigenvalue weighted by atomic mass is 10.0. The minimum Gasteiger partial charge on any atom is -0.313 e. The summed E-state index contributed by atoms with van der Waals surface area (Å²) in [5, 5.41) is 6.44. The van der Waals surface area contributed by atoms with Gasteiger partial charge < -0.3 is 5.32 Å². The fraction of sp³-hybridized carbons (Fsp3) is 0.474. The molecule has 2 aliphatic rings. The molecule has 1 heterocycles. The van der Waals surface area contributed by atoms with E-state index in [2.05, 4.69) is 52.7 Å². The predicted octanol–water partition coefficient (Wildman–Crippen LogP) is 3.56. The summed E-state index contributed by atoms with van der Waals surface area (Å²) in [5.74, 6) is 0. The Morgan fingerprint density at radius 3 is 2.67 bits per heavy atom. The molecule has 1 aliphatic carbocycles. The van der Waals surface area contributed by atoms with Gasteiger partial charge in [0, 0.05) is 25.2 Å². The van der Waals surface area contributed by atoms with Crippen LogP contribution in [0, 0.1) is 0 Å². The van der Waals surface area contributed by atoms with Crippen molar-refractivity contribution in [1.82, 2.24) is 10.2 Å². The standard InChI is InChI=1S/C19H24N2/c1-2-9-19-15(5-1)6-3-7-16(19)13-21(18-10-11-18)14-17-8-4-12-20-17/h1-3,5-7,9,17-18,20H,4,8,10-14H2. The summed E-state index contributed by atoms with van der Waals surface area (Å²) in [6.45, 7) is 3.52. The molecule has 0 spiro atoms. The molecule has 2 fully saturated rings. The number of nitrogens with zero attached hydrogens (tertiary/aromatic N) is 1. The normalized spacial score (nSPS) is 22.2. The van der Waals surface area contributed by atoms with Crippen LogP contribution in [-0.4, -0.2) is 30.1 Å². The van der Waals surface area contributed by atoms with Gasteiger partial charge in [-0.25, -0.2) is 0 Å². The zero-order valence-electron chi connectivity index (χ0n) is 12.6. The van der Waals surface area contributed by atoms with E-state index in [1.165, 1.54) is 55.1 Å². The van der Waals surface area contributed by atoms with Crippen LogP contribution in [0.5, 0.6) is 0 Å². The van der Waals surface area contributed by atoms with Gasteiger partial charge in [0.2, 0.25) is 0 Å². The first-order valence-corrected chi connectivity index (χ1v) is 8.34. The SMILES string of the molecule is c1ccc2c(CN(CC3CCCN3)C3CC3)cccc2c1. The smallest absolute Gasteiger partial charge is 0.0243 e. The highest BCUT2D eigenvalue weighted by atomic mass is 15.2. The highest BCUT2D eigenvalue weighted by Crippen LogP contribution is 2.30. The fourth-order valence-corrected chi connectivity index (χ4v) is 3.63. The number of benzene rings is 2. The minimum atomic E-state index is 0.709. The van der Waals surface area contributed by atoms with Gasteiger partial charge in [-0.05, 0) is 48.6 Å². The minimum absolute atomic E-state index is 0.709. The van der Waals surface area contributed by atoms with Crippen molar-refractivity contribution >= 4 is 10.8 Å². The zero-order valence-corrected chi connectivity index (χ0v) is 12.6. The molecule has 2 nitrogen and oxygen atoms in total. The largest absolute Gasteiger partial charge is 0.313 e. The van der Waals surface area contributed by atoms with Crippen molar-refractivity contribution in [2.24, 2.45) is 0 Å². The molecule has 0 bridgehead atoms. The molecule has 110 valence electrons. The summed E-state index contributed by atoms with van der Waals surface area (Å²) < 4.78 is 0. The Balaban J connectivity index is 1.56. The molecule has 2 aromatic rings. The quantitative estimate of drug-likeness (QED) is 0.901. The van der Waals surface area contributed by atoms with E-state index < -0.39 is 0 Å². The van der Waals surface area contributed by atoms with Crippen LogP contribution in [-0.2, 0) is 6.54 Å². The van der Waals surface area contributed by atoms with Crippen molar-refractivity contribution in [2.75, 3.05) is 13.1 Å². The number of rotatable bonds is 5. The third-order valence-corrected chi connectivity index (χ3v) is 4.93. The second-order valence-electron chi connectivity index (χ2n) is 6.59. The van der Waals surface area contributed by atoms with E-state index in [4.69, 9.17) is 0 Å². The summed E-state index contributed by atoms with van der Waals surface area (Å²) in [5.41, 5.74) is 1.48. The van der Waals surface area contributed by atoms with Crippen molar-refractivity contribution in [3.63, 3.8) is 0 Å². The van der Waals surface area contributed by atoms with Gasteiger partial charge in [0.25, 0.3) is 0 Å². The van der Waals surface area contributed by atoms with Crippen molar-refractivity contribution in [3.05, 3.63) is 48.0 Å². The van der Waals surface area contributed by atoms with Crippen molar-refractivity contribution in [1.29, 1.82) is 0 Å². The summed E-state index contributed by atoms with van der Waals surface area (Å²) in [6, 6.07) is 17.0. The highest BCUT2D eigenvalue weighted by molar-refractivity contribution is 5.85. The second-order valence-corrected chi connectivity index (χ2v) is 6.59. The lowest BCUT2D eigenvalue weighted by Crippen LogP contribution is -2.38. The van der Waals surface area contributed by atoms with Crippen LogP contribution in [0.1, 0.15) is 31.2 Å². The molecular formula is C19H24N2. The molecule has 4 rings (SSSR count). The Labute approximate surface area is 127 Å². The Morgan fingerprint density at radius 2 is 1.86 bits per heavy atom. The van der Waals surface area contributed by atoms with E-state index in [9.17, 15) is 0 Å². The predicted molar refractivity (Wildman–Crippen MR) is 88.4 cm³/mol. The summed E-state index contributed by atoms with van der Waals surface area (Å²) >= 11 is 0. The topological polar surface area (TPSA) is 15.3 Å². The summed E-state index contributed by atoms with van der Waals surface area (Å²) in [4.78, 5) is 2.71. The number of hydrogen-bond acceptors (Lipinski definition) is 2. The van der Waals surface area contributed by atoms with Crippen LogP contribution >= 0.6 is 0 Å². The van der Waals surface area contributed by atoms with Crippen LogP contribution < -0.4 is 5.32 Å². The van der Waals surface area contributed by atoms with Gasteiger partial charge in [-0.1, -0.05) is 42.5 Å². The van der Waals surface area contributed by atoms with Gasteiger partial charge in [0.1, 0.15) is 0 Å². The molecule has 1 saturated carbocycles. The van der Waals surface area contributed by atoms with E-state index in [1.807, 2.05) is 0 Å². The van der Waals surface area contributed by atoms with Gasteiger partial charge in [0.05, 0.1) is 0 Å². The molecule has 1 N–H and O–H groups in total. The highest BCUT2D eigenvalue weighted by Gasteiger charge is 2.31. The Kier molecular flexibility index (Phi) is 3.66. The molecule has 0 aromatic heterocycles. The molecule has 1 saturated heterocycles. The molecule has 1 aliphatic heterocycles. The maximum atomic E-state index is 3.65. The zero-order chi connectivity index (χ0) is 14.1. The first-order valence-electron chi connectivity index (χ1n) is 8.34. The molecular weight excluding hydrogens is 256 g/mol. The van der Waals surface area contributed by atoms with Crippen LogP contribution in [0.2, 0.25) is 0 Å². The average Bonchev–Trinajstić information content (AvgIpc) is 3.25. The molecule has 2 heteroatoms.